The number of carbonyl (C=O) groups is 1. The summed E-state index contributed by atoms with van der Waals surface area (Å²) in [5.74, 6) is 1.02. The minimum absolute atomic E-state index is 0. The summed E-state index contributed by atoms with van der Waals surface area (Å²) in [4.78, 5) is 16.4. The normalized spacial score (nSPS) is 19.7. The van der Waals surface area contributed by atoms with E-state index in [1.807, 2.05) is 18.2 Å². The monoisotopic (exact) mass is 490 g/mol. The Labute approximate surface area is 183 Å². The minimum atomic E-state index is 0. The van der Waals surface area contributed by atoms with E-state index in [0.717, 1.165) is 18.2 Å². The van der Waals surface area contributed by atoms with Crippen LogP contribution in [-0.4, -0.2) is 32.0 Å². The van der Waals surface area contributed by atoms with Gasteiger partial charge in [-0.1, -0.05) is 48.5 Å². The Hall–Kier alpha value is -2.09. The van der Waals surface area contributed by atoms with Crippen molar-refractivity contribution >= 4 is 41.5 Å². The number of fused-ring (bicyclic) bond motifs is 1. The molecular weight excluding hydrogens is 463 g/mol. The summed E-state index contributed by atoms with van der Waals surface area (Å²) in [6.07, 6.45) is 2.91. The van der Waals surface area contributed by atoms with Gasteiger partial charge in [-0.2, -0.15) is 0 Å². The van der Waals surface area contributed by atoms with Crippen LogP contribution in [0, 0.1) is 0 Å². The Morgan fingerprint density at radius 1 is 1.11 bits per heavy atom. The van der Waals surface area contributed by atoms with Crippen LogP contribution in [0.1, 0.15) is 36.3 Å². The first-order valence-electron chi connectivity index (χ1n) is 9.59. The number of para-hydroxylation sites is 1. The van der Waals surface area contributed by atoms with E-state index in [1.165, 1.54) is 24.0 Å². The van der Waals surface area contributed by atoms with Crippen molar-refractivity contribution in [1.29, 1.82) is 0 Å². The van der Waals surface area contributed by atoms with Crippen LogP contribution in [0.3, 0.4) is 0 Å². The zero-order chi connectivity index (χ0) is 18.7. The second-order valence-electron chi connectivity index (χ2n) is 7.49. The first-order valence-corrected chi connectivity index (χ1v) is 9.59. The minimum Gasteiger partial charge on any atom is -0.356 e. The van der Waals surface area contributed by atoms with E-state index in [4.69, 9.17) is 0 Å². The lowest BCUT2D eigenvalue weighted by atomic mass is 9.90. The smallest absolute Gasteiger partial charge is 0.225 e. The van der Waals surface area contributed by atoms with Gasteiger partial charge in [-0.05, 0) is 30.0 Å². The molecule has 3 N–H and O–H groups in total. The van der Waals surface area contributed by atoms with Gasteiger partial charge in [0.2, 0.25) is 5.91 Å². The molecule has 28 heavy (non-hydrogen) atoms. The zero-order valence-corrected chi connectivity index (χ0v) is 18.4. The topological polar surface area (TPSA) is 65.5 Å². The molecule has 0 radical (unpaired) electrons. The molecular formula is C22H27IN4O. The lowest BCUT2D eigenvalue weighted by Gasteiger charge is -2.26. The van der Waals surface area contributed by atoms with Crippen molar-refractivity contribution < 1.29 is 4.79 Å². The Morgan fingerprint density at radius 3 is 2.54 bits per heavy atom. The summed E-state index contributed by atoms with van der Waals surface area (Å²) in [5, 5.41) is 9.85. The number of halogens is 1. The van der Waals surface area contributed by atoms with Crippen LogP contribution in [0.4, 0.5) is 5.69 Å². The molecule has 1 atom stereocenters. The van der Waals surface area contributed by atoms with E-state index in [2.05, 4.69) is 57.3 Å². The van der Waals surface area contributed by atoms with Gasteiger partial charge in [0.05, 0.1) is 0 Å². The van der Waals surface area contributed by atoms with E-state index in [1.54, 1.807) is 7.05 Å². The molecule has 0 bridgehead atoms. The lowest BCUT2D eigenvalue weighted by Crippen LogP contribution is -2.43. The summed E-state index contributed by atoms with van der Waals surface area (Å²) < 4.78 is 0. The van der Waals surface area contributed by atoms with Gasteiger partial charge >= 0.3 is 0 Å². The largest absolute Gasteiger partial charge is 0.356 e. The van der Waals surface area contributed by atoms with Crippen LogP contribution in [0.5, 0.6) is 0 Å². The highest BCUT2D eigenvalue weighted by atomic mass is 127. The average molecular weight is 490 g/mol. The van der Waals surface area contributed by atoms with E-state index in [-0.39, 0.29) is 41.2 Å². The van der Waals surface area contributed by atoms with Gasteiger partial charge in [0.15, 0.2) is 5.96 Å². The summed E-state index contributed by atoms with van der Waals surface area (Å²) >= 11 is 0. The van der Waals surface area contributed by atoms with Crippen LogP contribution < -0.4 is 16.0 Å². The maximum absolute atomic E-state index is 12.0. The number of rotatable bonds is 5. The van der Waals surface area contributed by atoms with Gasteiger partial charge in [-0.3, -0.25) is 9.79 Å². The Balaban J connectivity index is 0.00000225. The quantitative estimate of drug-likeness (QED) is 0.341. The number of anilines is 1. The summed E-state index contributed by atoms with van der Waals surface area (Å²) in [6.45, 7) is 1.56. The Bertz CT molecular complexity index is 849. The van der Waals surface area contributed by atoms with Crippen molar-refractivity contribution in [3.63, 3.8) is 0 Å². The number of hydrogen-bond donors (Lipinski definition) is 3. The van der Waals surface area contributed by atoms with Crippen molar-refractivity contribution in [3.05, 3.63) is 65.7 Å². The molecule has 1 fully saturated rings. The predicted molar refractivity (Wildman–Crippen MR) is 125 cm³/mol. The zero-order valence-electron chi connectivity index (χ0n) is 16.1. The number of nitrogens with zero attached hydrogens (tertiary/aromatic N) is 1. The summed E-state index contributed by atoms with van der Waals surface area (Å²) in [6, 6.07) is 18.7. The second-order valence-corrected chi connectivity index (χ2v) is 7.49. The Morgan fingerprint density at radius 2 is 1.82 bits per heavy atom. The first kappa shape index (κ1) is 20.6. The van der Waals surface area contributed by atoms with Gasteiger partial charge in [-0.15, -0.1) is 24.0 Å². The maximum atomic E-state index is 12.0. The molecule has 2 aliphatic rings. The number of carbonyl (C=O) groups excluding carboxylic acids is 1. The fourth-order valence-corrected chi connectivity index (χ4v) is 3.89. The number of aliphatic imine (C=N–C) groups is 1. The van der Waals surface area contributed by atoms with Crippen molar-refractivity contribution in [2.24, 2.45) is 4.99 Å². The van der Waals surface area contributed by atoms with Gasteiger partial charge < -0.3 is 16.0 Å². The summed E-state index contributed by atoms with van der Waals surface area (Å²) in [7, 11) is 1.79. The third kappa shape index (κ3) is 4.48. The molecule has 148 valence electrons. The predicted octanol–water partition coefficient (Wildman–Crippen LogP) is 3.63. The van der Waals surface area contributed by atoms with Crippen LogP contribution in [-0.2, 0) is 10.2 Å². The van der Waals surface area contributed by atoms with Crippen molar-refractivity contribution in [2.75, 3.05) is 25.5 Å². The van der Waals surface area contributed by atoms with Gasteiger partial charge in [-0.25, -0.2) is 0 Å². The van der Waals surface area contributed by atoms with Crippen molar-refractivity contribution in [2.45, 2.75) is 30.6 Å². The average Bonchev–Trinajstić information content (AvgIpc) is 3.50. The van der Waals surface area contributed by atoms with E-state index in [0.29, 0.717) is 13.0 Å². The van der Waals surface area contributed by atoms with E-state index >= 15 is 0 Å². The molecule has 6 heteroatoms. The first-order chi connectivity index (χ1) is 13.2. The molecule has 1 amide bonds. The molecule has 1 heterocycles. The van der Waals surface area contributed by atoms with Crippen LogP contribution in [0.25, 0.3) is 0 Å². The molecule has 1 saturated carbocycles. The van der Waals surface area contributed by atoms with Crippen molar-refractivity contribution in [1.82, 2.24) is 10.6 Å². The third-order valence-electron chi connectivity index (χ3n) is 5.68. The highest BCUT2D eigenvalue weighted by molar-refractivity contribution is 14.0. The summed E-state index contributed by atoms with van der Waals surface area (Å²) in [5.41, 5.74) is 3.73. The van der Waals surface area contributed by atoms with Crippen LogP contribution in [0.2, 0.25) is 0 Å². The number of benzene rings is 2. The number of amides is 1. The Kier molecular flexibility index (Phi) is 6.59. The number of guanidine groups is 1. The standard InChI is InChI=1S/C22H26N4O.HI/c1-23-21(25-15-22(11-12-22)17-7-3-2-4-8-17)24-14-16-13-20(27)26-19-10-6-5-9-18(16)19;/h2-10,16H,11-15H2,1H3,(H,26,27)(H2,23,24,25);1H. The third-order valence-corrected chi connectivity index (χ3v) is 5.68. The van der Waals surface area contributed by atoms with Gasteiger partial charge in [0.1, 0.15) is 0 Å². The molecule has 0 aromatic heterocycles. The molecule has 2 aromatic rings. The van der Waals surface area contributed by atoms with Crippen molar-refractivity contribution in [3.8, 4) is 0 Å². The number of hydrogen-bond acceptors (Lipinski definition) is 2. The molecule has 1 aliphatic heterocycles. The molecule has 0 saturated heterocycles. The van der Waals surface area contributed by atoms with Gasteiger partial charge in [0.25, 0.3) is 0 Å². The van der Waals surface area contributed by atoms with E-state index in [9.17, 15) is 4.79 Å². The fourth-order valence-electron chi connectivity index (χ4n) is 3.89. The van der Waals surface area contributed by atoms with Crippen LogP contribution in [0.15, 0.2) is 59.6 Å². The lowest BCUT2D eigenvalue weighted by molar-refractivity contribution is -0.116. The molecule has 0 spiro atoms. The molecule has 2 aromatic carbocycles. The molecule has 5 nitrogen and oxygen atoms in total. The second kappa shape index (κ2) is 8.94. The maximum Gasteiger partial charge on any atom is 0.225 e. The number of nitrogens with one attached hydrogen (secondary N) is 3. The highest BCUT2D eigenvalue weighted by Crippen LogP contribution is 2.47. The molecule has 1 aliphatic carbocycles. The SMILES string of the molecule is CN=C(NCC1CC(=O)Nc2ccccc21)NCC1(c2ccccc2)CC1.I. The van der Waals surface area contributed by atoms with E-state index < -0.39 is 0 Å². The van der Waals surface area contributed by atoms with Gasteiger partial charge in [0, 0.05) is 43.6 Å². The molecule has 4 rings (SSSR count). The highest BCUT2D eigenvalue weighted by Gasteiger charge is 2.44. The molecule has 1 unspecified atom stereocenters. The fraction of sp³-hybridized carbons (Fsp3) is 0.364. The van der Waals surface area contributed by atoms with Crippen LogP contribution >= 0.6 is 24.0 Å².